The second-order valence-electron chi connectivity index (χ2n) is 5.78. The smallest absolute Gasteiger partial charge is 0.140 e. The Morgan fingerprint density at radius 3 is 2.77 bits per heavy atom. The van der Waals surface area contributed by atoms with E-state index in [1.807, 2.05) is 6.20 Å². The van der Waals surface area contributed by atoms with E-state index >= 15 is 0 Å². The highest BCUT2D eigenvalue weighted by Crippen LogP contribution is 2.35. The van der Waals surface area contributed by atoms with Crippen molar-refractivity contribution >= 4 is 10.8 Å². The van der Waals surface area contributed by atoms with Crippen molar-refractivity contribution in [2.75, 3.05) is 0 Å². The topological polar surface area (TPSA) is 17.8 Å². The van der Waals surface area contributed by atoms with Crippen LogP contribution in [0.5, 0.6) is 0 Å². The first kappa shape index (κ1) is 11.8. The van der Waals surface area contributed by atoms with Gasteiger partial charge in [-0.25, -0.2) is 4.98 Å². The van der Waals surface area contributed by atoms with Crippen LogP contribution in [-0.2, 0) is 6.54 Å². The summed E-state index contributed by atoms with van der Waals surface area (Å²) in [6, 6.07) is 21.8. The van der Waals surface area contributed by atoms with Crippen molar-refractivity contribution in [1.82, 2.24) is 9.55 Å². The largest absolute Gasteiger partial charge is 0.327 e. The Balaban J connectivity index is 1.97. The molecule has 2 heteroatoms. The van der Waals surface area contributed by atoms with E-state index in [-0.39, 0.29) is 0 Å². The van der Waals surface area contributed by atoms with Crippen LogP contribution in [0.25, 0.3) is 33.3 Å². The van der Waals surface area contributed by atoms with E-state index in [4.69, 9.17) is 0 Å². The molecule has 0 unspecified atom stereocenters. The monoisotopic (exact) mass is 282 g/mol. The van der Waals surface area contributed by atoms with Gasteiger partial charge in [0.25, 0.3) is 0 Å². The maximum atomic E-state index is 4.61. The van der Waals surface area contributed by atoms with Crippen LogP contribution in [0.4, 0.5) is 0 Å². The number of fused-ring (bicyclic) bond motifs is 5. The normalized spacial score (nSPS) is 12.4. The SMILES string of the molecule is c1ccc2c(c1)Cn1ccnc1-c1cccc3ccc-2cc13. The first-order valence-electron chi connectivity index (χ1n) is 7.53. The van der Waals surface area contributed by atoms with E-state index in [1.165, 1.54) is 33.0 Å². The van der Waals surface area contributed by atoms with E-state index in [2.05, 4.69) is 76.4 Å². The van der Waals surface area contributed by atoms with E-state index < -0.39 is 0 Å². The predicted octanol–water partition coefficient (Wildman–Crippen LogP) is 4.73. The first-order valence-corrected chi connectivity index (χ1v) is 7.53. The highest BCUT2D eigenvalue weighted by atomic mass is 15.1. The fraction of sp³-hybridized carbons (Fsp3) is 0.0500. The lowest BCUT2D eigenvalue weighted by Gasteiger charge is -2.10. The van der Waals surface area contributed by atoms with Gasteiger partial charge in [0.1, 0.15) is 5.82 Å². The van der Waals surface area contributed by atoms with Crippen LogP contribution in [0, 0.1) is 0 Å². The van der Waals surface area contributed by atoms with E-state index in [1.54, 1.807) is 0 Å². The van der Waals surface area contributed by atoms with E-state index in [0.29, 0.717) is 0 Å². The van der Waals surface area contributed by atoms with Gasteiger partial charge in [-0.3, -0.25) is 0 Å². The lowest BCUT2D eigenvalue weighted by molar-refractivity contribution is 0.810. The maximum Gasteiger partial charge on any atom is 0.140 e. The van der Waals surface area contributed by atoms with Crippen LogP contribution in [-0.4, -0.2) is 9.55 Å². The summed E-state index contributed by atoms with van der Waals surface area (Å²) in [7, 11) is 0. The number of imidazole rings is 1. The van der Waals surface area contributed by atoms with Crippen molar-refractivity contribution in [3.63, 3.8) is 0 Å². The third-order valence-electron chi connectivity index (χ3n) is 4.51. The molecule has 0 saturated carbocycles. The third-order valence-corrected chi connectivity index (χ3v) is 4.51. The van der Waals surface area contributed by atoms with Crippen molar-refractivity contribution in [1.29, 1.82) is 0 Å². The molecule has 0 radical (unpaired) electrons. The Kier molecular flexibility index (Phi) is 2.30. The molecule has 1 aromatic heterocycles. The van der Waals surface area contributed by atoms with Crippen LogP contribution in [0.1, 0.15) is 5.56 Å². The number of aromatic nitrogens is 2. The number of hydrogen-bond donors (Lipinski definition) is 0. The zero-order chi connectivity index (χ0) is 14.5. The summed E-state index contributed by atoms with van der Waals surface area (Å²) in [6.07, 6.45) is 3.96. The van der Waals surface area contributed by atoms with Crippen LogP contribution in [0.2, 0.25) is 0 Å². The van der Waals surface area contributed by atoms with Crippen molar-refractivity contribution in [2.24, 2.45) is 0 Å². The van der Waals surface area contributed by atoms with Gasteiger partial charge >= 0.3 is 0 Å². The minimum atomic E-state index is 0.848. The molecule has 0 spiro atoms. The Hall–Kier alpha value is -2.87. The summed E-state index contributed by atoms with van der Waals surface area (Å²) >= 11 is 0. The molecule has 0 N–H and O–H groups in total. The summed E-state index contributed by atoms with van der Waals surface area (Å²) in [5.74, 6) is 1.04. The lowest BCUT2D eigenvalue weighted by atomic mass is 9.96. The van der Waals surface area contributed by atoms with Gasteiger partial charge in [0.15, 0.2) is 0 Å². The highest BCUT2D eigenvalue weighted by Gasteiger charge is 2.15. The van der Waals surface area contributed by atoms with E-state index in [9.17, 15) is 0 Å². The van der Waals surface area contributed by atoms with Gasteiger partial charge in [-0.1, -0.05) is 54.6 Å². The average Bonchev–Trinajstić information content (AvgIpc) is 3.02. The first-order chi connectivity index (χ1) is 10.9. The summed E-state index contributed by atoms with van der Waals surface area (Å²) in [4.78, 5) is 4.61. The minimum absolute atomic E-state index is 0.848. The fourth-order valence-electron chi connectivity index (χ4n) is 3.44. The highest BCUT2D eigenvalue weighted by molar-refractivity contribution is 5.98. The molecule has 2 heterocycles. The Morgan fingerprint density at radius 1 is 0.864 bits per heavy atom. The zero-order valence-electron chi connectivity index (χ0n) is 12.0. The molecule has 0 aliphatic carbocycles. The number of benzene rings is 3. The quantitative estimate of drug-likeness (QED) is 0.401. The second kappa shape index (κ2) is 4.31. The van der Waals surface area contributed by atoms with Crippen molar-refractivity contribution in [3.05, 3.63) is 78.6 Å². The van der Waals surface area contributed by atoms with Gasteiger partial charge in [-0.15, -0.1) is 0 Å². The molecular formula is C20H14N2. The summed E-state index contributed by atoms with van der Waals surface area (Å²) in [5, 5.41) is 2.53. The maximum absolute atomic E-state index is 4.61. The number of hydrogen-bond acceptors (Lipinski definition) is 1. The summed E-state index contributed by atoms with van der Waals surface area (Å²) in [5.41, 5.74) is 5.12. The van der Waals surface area contributed by atoms with E-state index in [0.717, 1.165) is 12.4 Å². The van der Waals surface area contributed by atoms with Crippen molar-refractivity contribution < 1.29 is 0 Å². The van der Waals surface area contributed by atoms with Crippen LogP contribution in [0.3, 0.4) is 0 Å². The van der Waals surface area contributed by atoms with Gasteiger partial charge in [-0.05, 0) is 33.5 Å². The standard InChI is InChI=1S/C20H14N2/c1-2-6-17-15-9-8-14-5-3-7-18(19(14)12-15)20-21-10-11-22(20)13-16(17)4-1/h1-12H,13H2. The van der Waals surface area contributed by atoms with Gasteiger partial charge in [0.05, 0.1) is 0 Å². The summed E-state index contributed by atoms with van der Waals surface area (Å²) < 4.78 is 2.24. The van der Waals surface area contributed by atoms with Crippen LogP contribution >= 0.6 is 0 Å². The molecule has 0 amide bonds. The molecule has 0 atom stereocenters. The lowest BCUT2D eigenvalue weighted by Crippen LogP contribution is -2.01. The average molecular weight is 282 g/mol. The fourth-order valence-corrected chi connectivity index (χ4v) is 3.44. The zero-order valence-corrected chi connectivity index (χ0v) is 12.0. The number of rotatable bonds is 0. The van der Waals surface area contributed by atoms with Gasteiger partial charge in [0, 0.05) is 24.5 Å². The Morgan fingerprint density at radius 2 is 1.77 bits per heavy atom. The molecular weight excluding hydrogens is 268 g/mol. The molecule has 1 aliphatic rings. The van der Waals surface area contributed by atoms with Crippen molar-refractivity contribution in [3.8, 4) is 22.5 Å². The second-order valence-corrected chi connectivity index (χ2v) is 5.78. The molecule has 0 saturated heterocycles. The van der Waals surface area contributed by atoms with Gasteiger partial charge < -0.3 is 4.57 Å². The molecule has 2 nitrogen and oxygen atoms in total. The molecule has 4 aromatic rings. The van der Waals surface area contributed by atoms with Crippen LogP contribution in [0.15, 0.2) is 73.1 Å². The Labute approximate surface area is 128 Å². The molecule has 2 bridgehead atoms. The molecule has 1 aliphatic heterocycles. The summed E-state index contributed by atoms with van der Waals surface area (Å²) in [6.45, 7) is 0.848. The molecule has 3 aromatic carbocycles. The molecule has 0 fully saturated rings. The third kappa shape index (κ3) is 1.58. The minimum Gasteiger partial charge on any atom is -0.327 e. The van der Waals surface area contributed by atoms with Crippen LogP contribution < -0.4 is 0 Å². The van der Waals surface area contributed by atoms with Gasteiger partial charge in [0.2, 0.25) is 0 Å². The molecule has 5 rings (SSSR count). The molecule has 104 valence electrons. The Bertz CT molecular complexity index is 1010. The predicted molar refractivity (Wildman–Crippen MR) is 89.7 cm³/mol. The number of nitrogens with zero attached hydrogens (tertiary/aromatic N) is 2. The van der Waals surface area contributed by atoms with Crippen molar-refractivity contribution in [2.45, 2.75) is 6.54 Å². The van der Waals surface area contributed by atoms with Gasteiger partial charge in [-0.2, -0.15) is 0 Å². The molecule has 22 heavy (non-hydrogen) atoms.